The van der Waals surface area contributed by atoms with Crippen molar-refractivity contribution in [3.63, 3.8) is 0 Å². The lowest BCUT2D eigenvalue weighted by Crippen LogP contribution is -2.38. The number of pyridine rings is 1. The standard InChI is InChI=1S/C18H19Cl3N4O/c19-13-5-11(6-14(20)8-13)10-25-3-1-15(2-4-25)24-18-16(21)7-12(9-23-18)17(22)26/h5-9,15H,1-4,10H2,(H2,22,26)(H,23,24). The first-order valence-electron chi connectivity index (χ1n) is 8.30. The molecule has 0 aliphatic carbocycles. The molecule has 1 aliphatic rings. The number of rotatable bonds is 5. The lowest BCUT2D eigenvalue weighted by Gasteiger charge is -2.32. The van der Waals surface area contributed by atoms with Gasteiger partial charge in [-0.3, -0.25) is 9.69 Å². The molecule has 3 N–H and O–H groups in total. The summed E-state index contributed by atoms with van der Waals surface area (Å²) in [6, 6.07) is 7.45. The van der Waals surface area contributed by atoms with Crippen LogP contribution < -0.4 is 11.1 Å². The first-order valence-corrected chi connectivity index (χ1v) is 9.43. The maximum Gasteiger partial charge on any atom is 0.250 e. The van der Waals surface area contributed by atoms with Gasteiger partial charge in [0.05, 0.1) is 10.6 Å². The highest BCUT2D eigenvalue weighted by molar-refractivity contribution is 6.34. The third-order valence-corrected chi connectivity index (χ3v) is 5.11. The van der Waals surface area contributed by atoms with E-state index in [0.29, 0.717) is 26.4 Å². The van der Waals surface area contributed by atoms with Crippen molar-refractivity contribution in [2.24, 2.45) is 5.73 Å². The van der Waals surface area contributed by atoms with Gasteiger partial charge in [-0.25, -0.2) is 4.98 Å². The SMILES string of the molecule is NC(=O)c1cnc(NC2CCN(Cc3cc(Cl)cc(Cl)c3)CC2)c(Cl)c1. The molecule has 0 spiro atoms. The van der Waals surface area contributed by atoms with E-state index in [2.05, 4.69) is 15.2 Å². The highest BCUT2D eigenvalue weighted by atomic mass is 35.5. The summed E-state index contributed by atoms with van der Waals surface area (Å²) in [5.74, 6) is 0.0390. The van der Waals surface area contributed by atoms with Crippen molar-refractivity contribution in [2.75, 3.05) is 18.4 Å². The van der Waals surface area contributed by atoms with Gasteiger partial charge in [0.25, 0.3) is 0 Å². The number of primary amides is 1. The minimum atomic E-state index is -0.541. The van der Waals surface area contributed by atoms with Crippen LogP contribution in [0.1, 0.15) is 28.8 Å². The fourth-order valence-electron chi connectivity index (χ4n) is 3.07. The Kier molecular flexibility index (Phi) is 6.24. The summed E-state index contributed by atoms with van der Waals surface area (Å²) in [5.41, 5.74) is 6.65. The van der Waals surface area contributed by atoms with Gasteiger partial charge in [-0.1, -0.05) is 34.8 Å². The van der Waals surface area contributed by atoms with Crippen LogP contribution >= 0.6 is 34.8 Å². The van der Waals surface area contributed by atoms with Crippen molar-refractivity contribution in [1.82, 2.24) is 9.88 Å². The van der Waals surface area contributed by atoms with E-state index < -0.39 is 5.91 Å². The second-order valence-electron chi connectivity index (χ2n) is 6.39. The lowest BCUT2D eigenvalue weighted by atomic mass is 10.0. The highest BCUT2D eigenvalue weighted by Crippen LogP contribution is 2.25. The van der Waals surface area contributed by atoms with Gasteiger partial charge >= 0.3 is 0 Å². The zero-order valence-electron chi connectivity index (χ0n) is 14.0. The van der Waals surface area contributed by atoms with Crippen LogP contribution in [0.25, 0.3) is 0 Å². The van der Waals surface area contributed by atoms with Crippen LogP contribution in [0.3, 0.4) is 0 Å². The third kappa shape index (κ3) is 5.01. The number of anilines is 1. The predicted octanol–water partition coefficient (Wildman–Crippen LogP) is 4.22. The molecule has 0 unspecified atom stereocenters. The molecular formula is C18H19Cl3N4O. The molecule has 1 aliphatic heterocycles. The largest absolute Gasteiger partial charge is 0.366 e. The molecule has 1 fully saturated rings. The van der Waals surface area contributed by atoms with Gasteiger partial charge in [0.1, 0.15) is 5.82 Å². The topological polar surface area (TPSA) is 71.2 Å². The smallest absolute Gasteiger partial charge is 0.250 e. The Hall–Kier alpha value is -1.53. The number of carbonyl (C=O) groups is 1. The Bertz CT molecular complexity index is 787. The number of amides is 1. The van der Waals surface area contributed by atoms with E-state index in [9.17, 15) is 4.79 Å². The van der Waals surface area contributed by atoms with E-state index >= 15 is 0 Å². The Balaban J connectivity index is 1.54. The minimum absolute atomic E-state index is 0.277. The number of likely N-dealkylation sites (tertiary alicyclic amines) is 1. The number of nitrogens with one attached hydrogen (secondary N) is 1. The number of aromatic nitrogens is 1. The minimum Gasteiger partial charge on any atom is -0.366 e. The molecule has 8 heteroatoms. The zero-order valence-corrected chi connectivity index (χ0v) is 16.3. The van der Waals surface area contributed by atoms with Crippen molar-refractivity contribution in [2.45, 2.75) is 25.4 Å². The molecule has 3 rings (SSSR count). The fraction of sp³-hybridized carbons (Fsp3) is 0.333. The summed E-state index contributed by atoms with van der Waals surface area (Å²) >= 11 is 18.3. The van der Waals surface area contributed by atoms with E-state index in [4.69, 9.17) is 40.5 Å². The zero-order chi connectivity index (χ0) is 18.7. The van der Waals surface area contributed by atoms with Crippen LogP contribution in [-0.4, -0.2) is 34.9 Å². The van der Waals surface area contributed by atoms with Crippen LogP contribution in [-0.2, 0) is 6.54 Å². The summed E-state index contributed by atoms with van der Waals surface area (Å²) in [6.07, 6.45) is 3.36. The lowest BCUT2D eigenvalue weighted by molar-refractivity contribution is 0.1000. The molecule has 0 radical (unpaired) electrons. The van der Waals surface area contributed by atoms with Gasteiger partial charge in [0, 0.05) is 41.9 Å². The monoisotopic (exact) mass is 412 g/mol. The third-order valence-electron chi connectivity index (χ3n) is 4.38. The van der Waals surface area contributed by atoms with E-state index in [0.717, 1.165) is 38.0 Å². The summed E-state index contributed by atoms with van der Waals surface area (Å²) in [5, 5.41) is 5.07. The van der Waals surface area contributed by atoms with E-state index in [1.807, 2.05) is 12.1 Å². The van der Waals surface area contributed by atoms with Crippen LogP contribution in [0.5, 0.6) is 0 Å². The van der Waals surface area contributed by atoms with E-state index in [1.165, 1.54) is 12.3 Å². The normalized spacial score (nSPS) is 15.8. The van der Waals surface area contributed by atoms with Gasteiger partial charge in [0.15, 0.2) is 0 Å². The van der Waals surface area contributed by atoms with Crippen LogP contribution in [0.15, 0.2) is 30.5 Å². The van der Waals surface area contributed by atoms with Gasteiger partial charge in [-0.15, -0.1) is 0 Å². The Labute approximate surface area is 167 Å². The summed E-state index contributed by atoms with van der Waals surface area (Å²) in [4.78, 5) is 17.7. The molecule has 2 heterocycles. The number of hydrogen-bond acceptors (Lipinski definition) is 4. The van der Waals surface area contributed by atoms with Crippen LogP contribution in [0, 0.1) is 0 Å². The Morgan fingerprint density at radius 3 is 2.38 bits per heavy atom. The number of piperidine rings is 1. The molecule has 0 atom stereocenters. The number of nitrogens with two attached hydrogens (primary N) is 1. The molecule has 26 heavy (non-hydrogen) atoms. The second kappa shape index (κ2) is 8.44. The van der Waals surface area contributed by atoms with Crippen molar-refractivity contribution in [1.29, 1.82) is 0 Å². The fourth-order valence-corrected chi connectivity index (χ4v) is 3.86. The summed E-state index contributed by atoms with van der Waals surface area (Å²) < 4.78 is 0. The maximum atomic E-state index is 11.2. The van der Waals surface area contributed by atoms with Gasteiger partial charge < -0.3 is 11.1 Å². The Morgan fingerprint density at radius 2 is 1.81 bits per heavy atom. The molecule has 1 saturated heterocycles. The second-order valence-corrected chi connectivity index (χ2v) is 7.67. The molecule has 1 amide bonds. The number of benzene rings is 1. The number of nitrogens with zero attached hydrogens (tertiary/aromatic N) is 2. The van der Waals surface area contributed by atoms with E-state index in [-0.39, 0.29) is 6.04 Å². The van der Waals surface area contributed by atoms with Crippen molar-refractivity contribution >= 4 is 46.5 Å². The van der Waals surface area contributed by atoms with Crippen molar-refractivity contribution in [3.05, 3.63) is 56.7 Å². The Morgan fingerprint density at radius 1 is 1.15 bits per heavy atom. The van der Waals surface area contributed by atoms with Gasteiger partial charge in [0.2, 0.25) is 5.91 Å². The number of halogens is 3. The molecule has 0 saturated carbocycles. The van der Waals surface area contributed by atoms with Crippen molar-refractivity contribution in [3.8, 4) is 0 Å². The summed E-state index contributed by atoms with van der Waals surface area (Å²) in [6.45, 7) is 2.71. The molecule has 1 aromatic carbocycles. The number of hydrogen-bond donors (Lipinski definition) is 2. The van der Waals surface area contributed by atoms with Gasteiger partial charge in [-0.2, -0.15) is 0 Å². The predicted molar refractivity (Wildman–Crippen MR) is 106 cm³/mol. The molecule has 2 aromatic rings. The molecule has 5 nitrogen and oxygen atoms in total. The average molecular weight is 414 g/mol. The molecular weight excluding hydrogens is 395 g/mol. The first kappa shape index (κ1) is 19.2. The first-order chi connectivity index (χ1) is 12.4. The molecule has 1 aromatic heterocycles. The van der Waals surface area contributed by atoms with E-state index in [1.54, 1.807) is 6.07 Å². The van der Waals surface area contributed by atoms with Crippen LogP contribution in [0.4, 0.5) is 5.82 Å². The molecule has 0 bridgehead atoms. The quantitative estimate of drug-likeness (QED) is 0.770. The van der Waals surface area contributed by atoms with Crippen molar-refractivity contribution < 1.29 is 4.79 Å². The highest BCUT2D eigenvalue weighted by Gasteiger charge is 2.20. The molecule has 138 valence electrons. The van der Waals surface area contributed by atoms with Gasteiger partial charge in [-0.05, 0) is 42.7 Å². The maximum absolute atomic E-state index is 11.2. The average Bonchev–Trinajstić information content (AvgIpc) is 2.57. The summed E-state index contributed by atoms with van der Waals surface area (Å²) in [7, 11) is 0. The van der Waals surface area contributed by atoms with Crippen LogP contribution in [0.2, 0.25) is 15.1 Å². The number of carbonyl (C=O) groups excluding carboxylic acids is 1.